The number of hydrogen-bond donors (Lipinski definition) is 1. The van der Waals surface area contributed by atoms with Gasteiger partial charge in [-0.2, -0.15) is 0 Å². The van der Waals surface area contributed by atoms with Gasteiger partial charge in [0.1, 0.15) is 5.75 Å². The lowest BCUT2D eigenvalue weighted by Gasteiger charge is -2.16. The Morgan fingerprint density at radius 3 is 2.07 bits per heavy atom. The van der Waals surface area contributed by atoms with Crippen LogP contribution in [0.15, 0.2) is 24.3 Å². The van der Waals surface area contributed by atoms with E-state index in [0.717, 1.165) is 18.7 Å². The summed E-state index contributed by atoms with van der Waals surface area (Å²) < 4.78 is 5.42. The summed E-state index contributed by atoms with van der Waals surface area (Å²) in [6, 6.07) is 6.73. The van der Waals surface area contributed by atoms with E-state index in [1.54, 1.807) is 24.3 Å². The standard InChI is InChI=1S/C24H38N2O3/c1-3-5-6-7-8-9-10-11-12-13-18-25-22-19-23(27)26(24(22)28)20-14-16-21(17-15-20)29-4-2/h14-17,22,25H,3-13,18-19H2,1-2H3/t22-/m0/s1. The second-order valence-corrected chi connectivity index (χ2v) is 7.89. The lowest BCUT2D eigenvalue weighted by atomic mass is 10.1. The molecule has 1 heterocycles. The van der Waals surface area contributed by atoms with Crippen LogP contribution in [0, 0.1) is 0 Å². The highest BCUT2D eigenvalue weighted by molar-refractivity contribution is 6.22. The summed E-state index contributed by atoms with van der Waals surface area (Å²) in [5.41, 5.74) is 0.617. The topological polar surface area (TPSA) is 58.6 Å². The summed E-state index contributed by atoms with van der Waals surface area (Å²) in [4.78, 5) is 26.3. The normalized spacial score (nSPS) is 16.6. The SMILES string of the molecule is CCCCCCCCCCCCN[C@H]1CC(=O)N(c2ccc(OCC)cc2)C1=O. The molecule has 162 valence electrons. The quantitative estimate of drug-likeness (QED) is 0.322. The van der Waals surface area contributed by atoms with Gasteiger partial charge in [0.15, 0.2) is 0 Å². The maximum atomic E-state index is 12.7. The number of carbonyl (C=O) groups excluding carboxylic acids is 2. The molecule has 1 fully saturated rings. The fraction of sp³-hybridized carbons (Fsp3) is 0.667. The molecule has 0 bridgehead atoms. The van der Waals surface area contributed by atoms with Crippen LogP contribution < -0.4 is 15.0 Å². The van der Waals surface area contributed by atoms with Gasteiger partial charge in [0.05, 0.1) is 24.8 Å². The molecule has 2 amide bonds. The fourth-order valence-corrected chi connectivity index (χ4v) is 3.81. The van der Waals surface area contributed by atoms with E-state index in [1.807, 2.05) is 6.92 Å². The average Bonchev–Trinajstić information content (AvgIpc) is 3.00. The second kappa shape index (κ2) is 13.4. The molecule has 0 saturated carbocycles. The molecule has 5 heteroatoms. The number of hydrogen-bond acceptors (Lipinski definition) is 4. The number of nitrogens with zero attached hydrogens (tertiary/aromatic N) is 1. The molecule has 0 aliphatic carbocycles. The van der Waals surface area contributed by atoms with Crippen LogP contribution in [0.3, 0.4) is 0 Å². The van der Waals surface area contributed by atoms with Crippen LogP contribution in [0.5, 0.6) is 5.75 Å². The third-order valence-corrected chi connectivity index (χ3v) is 5.47. The van der Waals surface area contributed by atoms with Crippen LogP contribution in [0.25, 0.3) is 0 Å². The Balaban J connectivity index is 1.62. The van der Waals surface area contributed by atoms with Gasteiger partial charge in [0.2, 0.25) is 5.91 Å². The first-order valence-corrected chi connectivity index (χ1v) is 11.5. The Morgan fingerprint density at radius 2 is 1.48 bits per heavy atom. The van der Waals surface area contributed by atoms with Gasteiger partial charge < -0.3 is 10.1 Å². The summed E-state index contributed by atoms with van der Waals surface area (Å²) in [7, 11) is 0. The molecule has 1 aromatic rings. The third kappa shape index (κ3) is 7.81. The Morgan fingerprint density at radius 1 is 0.897 bits per heavy atom. The predicted molar refractivity (Wildman–Crippen MR) is 118 cm³/mol. The minimum Gasteiger partial charge on any atom is -0.494 e. The lowest BCUT2D eigenvalue weighted by Crippen LogP contribution is -2.39. The van der Waals surface area contributed by atoms with Crippen LogP contribution in [0.4, 0.5) is 5.69 Å². The summed E-state index contributed by atoms with van der Waals surface area (Å²) in [6.45, 7) is 5.55. The highest BCUT2D eigenvalue weighted by atomic mass is 16.5. The van der Waals surface area contributed by atoms with Crippen LogP contribution in [-0.2, 0) is 9.59 Å². The molecule has 1 saturated heterocycles. The largest absolute Gasteiger partial charge is 0.494 e. The van der Waals surface area contributed by atoms with E-state index in [1.165, 1.54) is 62.7 Å². The first-order chi connectivity index (χ1) is 14.2. The molecule has 2 rings (SSSR count). The van der Waals surface area contributed by atoms with Gasteiger partial charge in [-0.25, -0.2) is 4.90 Å². The molecular weight excluding hydrogens is 364 g/mol. The van der Waals surface area contributed by atoms with Gasteiger partial charge >= 0.3 is 0 Å². The Labute approximate surface area is 176 Å². The molecular formula is C24H38N2O3. The summed E-state index contributed by atoms with van der Waals surface area (Å²) >= 11 is 0. The van der Waals surface area contributed by atoms with Crippen molar-refractivity contribution in [3.05, 3.63) is 24.3 Å². The van der Waals surface area contributed by atoms with Crippen molar-refractivity contribution in [2.45, 2.75) is 90.5 Å². The minimum atomic E-state index is -0.396. The maximum Gasteiger partial charge on any atom is 0.251 e. The molecule has 1 aliphatic heterocycles. The van der Waals surface area contributed by atoms with Crippen molar-refractivity contribution in [3.63, 3.8) is 0 Å². The van der Waals surface area contributed by atoms with Gasteiger partial charge in [-0.15, -0.1) is 0 Å². The third-order valence-electron chi connectivity index (χ3n) is 5.47. The second-order valence-electron chi connectivity index (χ2n) is 7.89. The van der Waals surface area contributed by atoms with Crippen molar-refractivity contribution in [2.24, 2.45) is 0 Å². The number of ether oxygens (including phenoxy) is 1. The number of unbranched alkanes of at least 4 members (excludes halogenated alkanes) is 9. The number of imide groups is 1. The number of nitrogens with one attached hydrogen (secondary N) is 1. The Bertz CT molecular complexity index is 615. The van der Waals surface area contributed by atoms with Crippen LogP contribution in [0.2, 0.25) is 0 Å². The maximum absolute atomic E-state index is 12.7. The van der Waals surface area contributed by atoms with E-state index in [0.29, 0.717) is 12.3 Å². The number of benzene rings is 1. The first-order valence-electron chi connectivity index (χ1n) is 11.5. The molecule has 1 aromatic carbocycles. The molecule has 29 heavy (non-hydrogen) atoms. The van der Waals surface area contributed by atoms with Gasteiger partial charge in [0.25, 0.3) is 5.91 Å². The molecule has 1 aliphatic rings. The zero-order chi connectivity index (χ0) is 20.9. The van der Waals surface area contributed by atoms with E-state index in [2.05, 4.69) is 12.2 Å². The van der Waals surface area contributed by atoms with E-state index >= 15 is 0 Å². The Hall–Kier alpha value is -1.88. The summed E-state index contributed by atoms with van der Waals surface area (Å²) in [6.07, 6.45) is 13.1. The monoisotopic (exact) mass is 402 g/mol. The van der Waals surface area contributed by atoms with Crippen molar-refractivity contribution >= 4 is 17.5 Å². The number of anilines is 1. The highest BCUT2D eigenvalue weighted by Gasteiger charge is 2.39. The molecule has 0 unspecified atom stereocenters. The highest BCUT2D eigenvalue weighted by Crippen LogP contribution is 2.25. The van der Waals surface area contributed by atoms with E-state index < -0.39 is 6.04 Å². The molecule has 0 aromatic heterocycles. The molecule has 0 spiro atoms. The van der Waals surface area contributed by atoms with E-state index in [-0.39, 0.29) is 18.2 Å². The van der Waals surface area contributed by atoms with Gasteiger partial charge in [-0.05, 0) is 44.2 Å². The van der Waals surface area contributed by atoms with Crippen molar-refractivity contribution < 1.29 is 14.3 Å². The predicted octanol–water partition coefficient (Wildman–Crippen LogP) is 5.23. The number of carbonyl (C=O) groups is 2. The van der Waals surface area contributed by atoms with Gasteiger partial charge in [-0.1, -0.05) is 64.7 Å². The average molecular weight is 403 g/mol. The van der Waals surface area contributed by atoms with Crippen LogP contribution in [0.1, 0.15) is 84.5 Å². The molecule has 1 N–H and O–H groups in total. The zero-order valence-corrected chi connectivity index (χ0v) is 18.3. The van der Waals surface area contributed by atoms with Crippen molar-refractivity contribution in [1.29, 1.82) is 0 Å². The minimum absolute atomic E-state index is 0.139. The van der Waals surface area contributed by atoms with E-state index in [4.69, 9.17) is 4.74 Å². The molecule has 5 nitrogen and oxygen atoms in total. The van der Waals surface area contributed by atoms with Crippen molar-refractivity contribution in [1.82, 2.24) is 5.32 Å². The number of amides is 2. The van der Waals surface area contributed by atoms with Gasteiger partial charge in [0, 0.05) is 0 Å². The molecule has 1 atom stereocenters. The number of rotatable bonds is 15. The summed E-state index contributed by atoms with van der Waals surface area (Å²) in [5.74, 6) is 0.456. The van der Waals surface area contributed by atoms with Crippen LogP contribution >= 0.6 is 0 Å². The zero-order valence-electron chi connectivity index (χ0n) is 18.3. The molecule has 0 radical (unpaired) electrons. The van der Waals surface area contributed by atoms with Crippen molar-refractivity contribution in [3.8, 4) is 5.75 Å². The summed E-state index contributed by atoms with van der Waals surface area (Å²) in [5, 5.41) is 3.28. The fourth-order valence-electron chi connectivity index (χ4n) is 3.81. The smallest absolute Gasteiger partial charge is 0.251 e. The van der Waals surface area contributed by atoms with Crippen molar-refractivity contribution in [2.75, 3.05) is 18.1 Å². The lowest BCUT2D eigenvalue weighted by molar-refractivity contribution is -0.121. The van der Waals surface area contributed by atoms with E-state index in [9.17, 15) is 9.59 Å². The first kappa shape index (κ1) is 23.4. The van der Waals surface area contributed by atoms with Gasteiger partial charge in [-0.3, -0.25) is 9.59 Å². The van der Waals surface area contributed by atoms with Crippen LogP contribution in [-0.4, -0.2) is 31.0 Å². The Kier molecular flexibility index (Phi) is 10.8.